The van der Waals surface area contributed by atoms with Crippen LogP contribution in [0.5, 0.6) is 0 Å². The topological polar surface area (TPSA) is 86.7 Å². The Morgan fingerprint density at radius 2 is 1.00 bits per heavy atom. The fourth-order valence-corrected chi connectivity index (χ4v) is 6.21. The summed E-state index contributed by atoms with van der Waals surface area (Å²) in [5.74, 6) is 0. The molecule has 0 aliphatic rings. The van der Waals surface area contributed by atoms with Gasteiger partial charge < -0.3 is 0 Å². The molecule has 196 valence electrons. The average Bonchev–Trinajstić information content (AvgIpc) is 2.85. The molecule has 0 radical (unpaired) electrons. The summed E-state index contributed by atoms with van der Waals surface area (Å²) in [5, 5.41) is 0. The Bertz CT molecular complexity index is 1040. The Kier molecular flexibility index (Phi) is 13.0. The van der Waals surface area contributed by atoms with E-state index in [0.717, 1.165) is 25.7 Å². The first-order valence-corrected chi connectivity index (χ1v) is 15.5. The fraction of sp³-hybridized carbons (Fsp3) is 0.556. The van der Waals surface area contributed by atoms with E-state index < -0.39 is 32.4 Å². The Balaban J connectivity index is 1.96. The van der Waals surface area contributed by atoms with Gasteiger partial charge >= 0.3 is 0 Å². The molecule has 2 aromatic carbocycles. The molecule has 0 spiro atoms. The molecule has 0 saturated carbocycles. The second-order valence-corrected chi connectivity index (χ2v) is 12.1. The Morgan fingerprint density at radius 3 is 1.46 bits per heavy atom. The van der Waals surface area contributed by atoms with Crippen molar-refractivity contribution in [2.75, 3.05) is 0 Å². The van der Waals surface area contributed by atoms with Gasteiger partial charge in [0.05, 0.1) is 9.79 Å². The van der Waals surface area contributed by atoms with E-state index in [4.69, 9.17) is 8.37 Å². The van der Waals surface area contributed by atoms with E-state index in [1.807, 2.05) is 0 Å². The molecule has 0 aromatic heterocycles. The molecule has 2 unspecified atom stereocenters. The molecule has 6 nitrogen and oxygen atoms in total. The molecule has 0 fully saturated rings. The molecule has 2 aromatic rings. The van der Waals surface area contributed by atoms with Crippen LogP contribution in [0.15, 0.2) is 70.5 Å². The largest absolute Gasteiger partial charge is 0.297 e. The van der Waals surface area contributed by atoms with E-state index >= 15 is 0 Å². The summed E-state index contributed by atoms with van der Waals surface area (Å²) in [7, 11) is -8.11. The molecule has 0 heterocycles. The van der Waals surface area contributed by atoms with Crippen molar-refractivity contribution in [1.29, 1.82) is 0 Å². The quantitative estimate of drug-likeness (QED) is 0.156. The van der Waals surface area contributed by atoms with Gasteiger partial charge in [-0.15, -0.1) is 0 Å². The molecule has 35 heavy (non-hydrogen) atoms. The van der Waals surface area contributed by atoms with Gasteiger partial charge in [0.1, 0.15) is 12.2 Å². The van der Waals surface area contributed by atoms with Gasteiger partial charge in [-0.1, -0.05) is 108 Å². The monoisotopic (exact) mass is 524 g/mol. The van der Waals surface area contributed by atoms with E-state index in [1.165, 1.54) is 62.8 Å². The standard InChI is InChI=1S/C27H40O6S2/c1-3-4-5-6-7-8-9-10-11-18-23-27(33-35(30,31)26-21-16-13-17-22-26)24(2)32-34(28,29)25-19-14-12-15-20-25/h12-17,19-22,24,27H,3-11,18,23H2,1-2H3. The number of hydrogen-bond acceptors (Lipinski definition) is 6. The molecular weight excluding hydrogens is 484 g/mol. The SMILES string of the molecule is CCCCCCCCCCCCC(OS(=O)(=O)c1ccccc1)C(C)OS(=O)(=O)c1ccccc1. The summed E-state index contributed by atoms with van der Waals surface area (Å²) < 4.78 is 62.0. The van der Waals surface area contributed by atoms with Crippen LogP contribution in [0.1, 0.15) is 84.5 Å². The van der Waals surface area contributed by atoms with Crippen molar-refractivity contribution < 1.29 is 25.2 Å². The maximum Gasteiger partial charge on any atom is 0.297 e. The highest BCUT2D eigenvalue weighted by Crippen LogP contribution is 2.24. The lowest BCUT2D eigenvalue weighted by Crippen LogP contribution is -2.33. The molecule has 2 rings (SSSR count). The maximum atomic E-state index is 12.8. The second-order valence-electron chi connectivity index (χ2n) is 8.94. The fourth-order valence-electron chi connectivity index (χ4n) is 3.90. The lowest BCUT2D eigenvalue weighted by Gasteiger charge is -2.24. The zero-order chi connectivity index (χ0) is 25.6. The van der Waals surface area contributed by atoms with Gasteiger partial charge in [-0.3, -0.25) is 8.37 Å². The summed E-state index contributed by atoms with van der Waals surface area (Å²) >= 11 is 0. The summed E-state index contributed by atoms with van der Waals surface area (Å²) in [6.45, 7) is 3.76. The first-order chi connectivity index (χ1) is 16.8. The molecule has 0 bridgehead atoms. The minimum Gasteiger partial charge on any atom is -0.261 e. The van der Waals surface area contributed by atoms with Gasteiger partial charge in [0.15, 0.2) is 0 Å². The summed E-state index contributed by atoms with van der Waals surface area (Å²) in [4.78, 5) is 0.0571. The minimum absolute atomic E-state index is 0.0236. The van der Waals surface area contributed by atoms with Crippen molar-refractivity contribution in [2.45, 2.75) is 106 Å². The summed E-state index contributed by atoms with van der Waals surface area (Å²) in [6.07, 6.45) is 9.94. The van der Waals surface area contributed by atoms with Crippen molar-refractivity contribution in [1.82, 2.24) is 0 Å². The highest BCUT2D eigenvalue weighted by atomic mass is 32.2. The predicted molar refractivity (Wildman–Crippen MR) is 139 cm³/mol. The smallest absolute Gasteiger partial charge is 0.261 e. The van der Waals surface area contributed by atoms with Gasteiger partial charge in [0, 0.05) is 0 Å². The normalized spacial score (nSPS) is 14.0. The van der Waals surface area contributed by atoms with Crippen molar-refractivity contribution in [3.05, 3.63) is 60.7 Å². The zero-order valence-corrected chi connectivity index (χ0v) is 22.6. The number of benzene rings is 2. The molecule has 0 amide bonds. The molecule has 8 heteroatoms. The third-order valence-corrected chi connectivity index (χ3v) is 8.71. The molecule has 2 atom stereocenters. The predicted octanol–water partition coefficient (Wildman–Crippen LogP) is 6.87. The van der Waals surface area contributed by atoms with Crippen molar-refractivity contribution in [2.24, 2.45) is 0 Å². The van der Waals surface area contributed by atoms with Crippen LogP contribution in [0.4, 0.5) is 0 Å². The van der Waals surface area contributed by atoms with Crippen LogP contribution in [-0.4, -0.2) is 29.0 Å². The van der Waals surface area contributed by atoms with E-state index in [2.05, 4.69) is 6.92 Å². The Hall–Kier alpha value is -1.74. The molecule has 0 saturated heterocycles. The van der Waals surface area contributed by atoms with Crippen LogP contribution in [0.2, 0.25) is 0 Å². The van der Waals surface area contributed by atoms with Gasteiger partial charge in [0.25, 0.3) is 20.2 Å². The van der Waals surface area contributed by atoms with Gasteiger partial charge in [-0.05, 0) is 37.6 Å². The van der Waals surface area contributed by atoms with Crippen LogP contribution in [0, 0.1) is 0 Å². The molecule has 0 aliphatic heterocycles. The molecule has 0 aliphatic carbocycles. The van der Waals surface area contributed by atoms with E-state index in [9.17, 15) is 16.8 Å². The highest BCUT2D eigenvalue weighted by Gasteiger charge is 2.30. The van der Waals surface area contributed by atoms with E-state index in [-0.39, 0.29) is 9.79 Å². The summed E-state index contributed by atoms with van der Waals surface area (Å²) in [5.41, 5.74) is 0. The number of rotatable bonds is 18. The lowest BCUT2D eigenvalue weighted by molar-refractivity contribution is 0.0667. The third-order valence-electron chi connectivity index (χ3n) is 5.96. The van der Waals surface area contributed by atoms with Crippen LogP contribution in [0.25, 0.3) is 0 Å². The van der Waals surface area contributed by atoms with Crippen molar-refractivity contribution in [3.63, 3.8) is 0 Å². The Morgan fingerprint density at radius 1 is 0.600 bits per heavy atom. The second kappa shape index (κ2) is 15.4. The average molecular weight is 525 g/mol. The highest BCUT2D eigenvalue weighted by molar-refractivity contribution is 7.87. The van der Waals surface area contributed by atoms with Crippen LogP contribution >= 0.6 is 0 Å². The van der Waals surface area contributed by atoms with Crippen molar-refractivity contribution in [3.8, 4) is 0 Å². The minimum atomic E-state index is -4.06. The number of hydrogen-bond donors (Lipinski definition) is 0. The van der Waals surface area contributed by atoms with Gasteiger partial charge in [-0.25, -0.2) is 0 Å². The van der Waals surface area contributed by atoms with Crippen LogP contribution < -0.4 is 0 Å². The maximum absolute atomic E-state index is 12.8. The molecular formula is C27H40O6S2. The van der Waals surface area contributed by atoms with Crippen LogP contribution in [-0.2, 0) is 28.6 Å². The van der Waals surface area contributed by atoms with E-state index in [1.54, 1.807) is 43.3 Å². The zero-order valence-electron chi connectivity index (χ0n) is 21.0. The van der Waals surface area contributed by atoms with Gasteiger partial charge in [0.2, 0.25) is 0 Å². The molecule has 0 N–H and O–H groups in total. The number of unbranched alkanes of at least 4 members (excludes halogenated alkanes) is 9. The van der Waals surface area contributed by atoms with Crippen molar-refractivity contribution >= 4 is 20.2 Å². The first kappa shape index (κ1) is 29.5. The van der Waals surface area contributed by atoms with Crippen LogP contribution in [0.3, 0.4) is 0 Å². The Labute approximate surface area is 212 Å². The van der Waals surface area contributed by atoms with Gasteiger partial charge in [-0.2, -0.15) is 16.8 Å². The lowest BCUT2D eigenvalue weighted by atomic mass is 10.0. The summed E-state index contributed by atoms with van der Waals surface area (Å²) in [6, 6.07) is 15.7. The first-order valence-electron chi connectivity index (χ1n) is 12.7. The third kappa shape index (κ3) is 10.8. The van der Waals surface area contributed by atoms with E-state index in [0.29, 0.717) is 6.42 Å².